The number of nitrogens with zero attached hydrogens (tertiary/aromatic N) is 1. The zero-order valence-electron chi connectivity index (χ0n) is 5.94. The second kappa shape index (κ2) is 4.17. The van der Waals surface area contributed by atoms with Crippen LogP contribution in [0.1, 0.15) is 5.56 Å². The first-order valence-electron chi connectivity index (χ1n) is 3.11. The molecule has 1 aromatic heterocycles. The number of hydrogen-bond donors (Lipinski definition) is 0. The van der Waals surface area contributed by atoms with Gasteiger partial charge in [-0.1, -0.05) is 27.8 Å². The smallest absolute Gasteiger partial charge is 0.189 e. The monoisotopic (exact) mass is 231 g/mol. The molecule has 62 valence electrons. The van der Waals surface area contributed by atoms with E-state index in [2.05, 4.69) is 32.8 Å². The van der Waals surface area contributed by atoms with Crippen LogP contribution in [0.2, 0.25) is 0 Å². The lowest BCUT2D eigenvalue weighted by atomic mass is 10.3. The molecule has 1 heterocycles. The van der Waals surface area contributed by atoms with E-state index in [1.165, 1.54) is 6.07 Å². The largest absolute Gasteiger partial charge is 0.231 e. The fourth-order valence-corrected chi connectivity index (χ4v) is 0.774. The molecule has 4 heteroatoms. The number of rotatable bonds is 0. The third-order valence-corrected chi connectivity index (χ3v) is 1.38. The maximum Gasteiger partial charge on any atom is 0.231 e. The van der Waals surface area contributed by atoms with Gasteiger partial charge in [0.2, 0.25) is 11.9 Å². The van der Waals surface area contributed by atoms with Crippen LogP contribution in [0.25, 0.3) is 0 Å². The second-order valence-electron chi connectivity index (χ2n) is 1.91. The van der Waals surface area contributed by atoms with Gasteiger partial charge in [0.15, 0.2) is 0 Å². The molecule has 1 nitrogen and oxygen atoms in total. The van der Waals surface area contributed by atoms with Crippen molar-refractivity contribution >= 4 is 15.9 Å². The van der Waals surface area contributed by atoms with Crippen LogP contribution in [0.3, 0.4) is 0 Å². The van der Waals surface area contributed by atoms with Crippen LogP contribution >= 0.6 is 15.9 Å². The Balaban J connectivity index is 3.01. The highest BCUT2D eigenvalue weighted by Crippen LogP contribution is 2.03. The summed E-state index contributed by atoms with van der Waals surface area (Å²) < 4.78 is 25.0. The van der Waals surface area contributed by atoms with Gasteiger partial charge in [0.1, 0.15) is 0 Å². The van der Waals surface area contributed by atoms with Gasteiger partial charge >= 0.3 is 0 Å². The average molecular weight is 232 g/mol. The summed E-state index contributed by atoms with van der Waals surface area (Å²) in [6.07, 6.45) is 0. The van der Waals surface area contributed by atoms with Crippen molar-refractivity contribution in [2.45, 2.75) is 0 Å². The van der Waals surface area contributed by atoms with E-state index in [9.17, 15) is 8.78 Å². The Bertz CT molecular complexity index is 341. The van der Waals surface area contributed by atoms with Crippen molar-refractivity contribution in [2.24, 2.45) is 0 Å². The fourth-order valence-electron chi connectivity index (χ4n) is 0.634. The summed E-state index contributed by atoms with van der Waals surface area (Å²) in [6.45, 7) is 0. The van der Waals surface area contributed by atoms with Crippen LogP contribution < -0.4 is 0 Å². The fraction of sp³-hybridized carbons (Fsp3) is 0.125. The third kappa shape index (κ3) is 2.28. The van der Waals surface area contributed by atoms with Crippen LogP contribution in [0.4, 0.5) is 8.78 Å². The molecule has 0 aliphatic heterocycles. The van der Waals surface area contributed by atoms with Gasteiger partial charge in [0.05, 0.1) is 10.9 Å². The van der Waals surface area contributed by atoms with Crippen molar-refractivity contribution < 1.29 is 8.78 Å². The molecule has 0 fully saturated rings. The molecule has 0 aromatic carbocycles. The molecule has 0 aliphatic carbocycles. The van der Waals surface area contributed by atoms with E-state index in [4.69, 9.17) is 0 Å². The van der Waals surface area contributed by atoms with Crippen LogP contribution in [-0.4, -0.2) is 10.3 Å². The van der Waals surface area contributed by atoms with Crippen LogP contribution in [0.5, 0.6) is 0 Å². The zero-order valence-corrected chi connectivity index (χ0v) is 7.53. The third-order valence-electron chi connectivity index (χ3n) is 1.10. The topological polar surface area (TPSA) is 12.9 Å². The van der Waals surface area contributed by atoms with Crippen molar-refractivity contribution in [1.82, 2.24) is 4.98 Å². The first-order chi connectivity index (χ1) is 5.74. The SMILES string of the molecule is Fc1ccc(C#CCBr)c(F)n1. The molecule has 0 atom stereocenters. The Morgan fingerprint density at radius 1 is 1.42 bits per heavy atom. The van der Waals surface area contributed by atoms with E-state index >= 15 is 0 Å². The minimum Gasteiger partial charge on any atom is -0.189 e. The van der Waals surface area contributed by atoms with Gasteiger partial charge in [0.25, 0.3) is 0 Å². The number of alkyl halides is 1. The molecule has 0 N–H and O–H groups in total. The number of aromatic nitrogens is 1. The Morgan fingerprint density at radius 2 is 2.17 bits per heavy atom. The van der Waals surface area contributed by atoms with Gasteiger partial charge in [-0.2, -0.15) is 13.8 Å². The van der Waals surface area contributed by atoms with E-state index in [0.717, 1.165) is 6.07 Å². The molecule has 0 aliphatic rings. The maximum atomic E-state index is 12.7. The van der Waals surface area contributed by atoms with Crippen LogP contribution in [0.15, 0.2) is 12.1 Å². The van der Waals surface area contributed by atoms with Crippen molar-refractivity contribution in [1.29, 1.82) is 0 Å². The molecule has 0 radical (unpaired) electrons. The minimum atomic E-state index is -0.872. The van der Waals surface area contributed by atoms with Gasteiger partial charge in [-0.05, 0) is 12.1 Å². The molecular formula is C8H4BrF2N. The Hall–Kier alpha value is -0.950. The predicted molar refractivity (Wildman–Crippen MR) is 44.8 cm³/mol. The zero-order chi connectivity index (χ0) is 8.97. The number of hydrogen-bond acceptors (Lipinski definition) is 1. The summed E-state index contributed by atoms with van der Waals surface area (Å²) in [7, 11) is 0. The lowest BCUT2D eigenvalue weighted by Gasteiger charge is -1.91. The molecule has 0 amide bonds. The van der Waals surface area contributed by atoms with Gasteiger partial charge in [-0.25, -0.2) is 0 Å². The van der Waals surface area contributed by atoms with Crippen LogP contribution in [-0.2, 0) is 0 Å². The summed E-state index contributed by atoms with van der Waals surface area (Å²) in [4.78, 5) is 2.98. The number of halogens is 3. The van der Waals surface area contributed by atoms with E-state index < -0.39 is 11.9 Å². The molecule has 0 bridgehead atoms. The standard InChI is InChI=1S/C8H4BrF2N/c9-5-1-2-6-3-4-7(10)12-8(6)11/h3-4H,5H2. The quantitative estimate of drug-likeness (QED) is 0.379. The Morgan fingerprint density at radius 3 is 2.75 bits per heavy atom. The summed E-state index contributed by atoms with van der Waals surface area (Å²) >= 11 is 3.06. The lowest BCUT2D eigenvalue weighted by Crippen LogP contribution is -1.91. The molecule has 0 saturated heterocycles. The van der Waals surface area contributed by atoms with Gasteiger partial charge in [-0.3, -0.25) is 0 Å². The molecular weight excluding hydrogens is 228 g/mol. The highest BCUT2D eigenvalue weighted by molar-refractivity contribution is 9.09. The highest BCUT2D eigenvalue weighted by atomic mass is 79.9. The van der Waals surface area contributed by atoms with Crippen molar-refractivity contribution in [3.05, 3.63) is 29.6 Å². The summed E-state index contributed by atoms with van der Waals surface area (Å²) in [5.74, 6) is 3.37. The Kier molecular flexibility index (Phi) is 3.18. The van der Waals surface area contributed by atoms with Crippen molar-refractivity contribution in [3.8, 4) is 11.8 Å². The second-order valence-corrected chi connectivity index (χ2v) is 2.47. The minimum absolute atomic E-state index is 0.107. The summed E-state index contributed by atoms with van der Waals surface area (Å²) in [5.41, 5.74) is 0.107. The van der Waals surface area contributed by atoms with E-state index in [0.29, 0.717) is 5.33 Å². The molecule has 1 rings (SSSR count). The molecule has 12 heavy (non-hydrogen) atoms. The van der Waals surface area contributed by atoms with Gasteiger partial charge < -0.3 is 0 Å². The van der Waals surface area contributed by atoms with Gasteiger partial charge in [0, 0.05) is 0 Å². The van der Waals surface area contributed by atoms with E-state index in [1.807, 2.05) is 0 Å². The van der Waals surface area contributed by atoms with Gasteiger partial charge in [-0.15, -0.1) is 0 Å². The van der Waals surface area contributed by atoms with Crippen LogP contribution in [0, 0.1) is 23.7 Å². The van der Waals surface area contributed by atoms with Crippen molar-refractivity contribution in [3.63, 3.8) is 0 Å². The predicted octanol–water partition coefficient (Wildman–Crippen LogP) is 2.11. The summed E-state index contributed by atoms with van der Waals surface area (Å²) in [5, 5.41) is 0.448. The van der Waals surface area contributed by atoms with E-state index in [-0.39, 0.29) is 5.56 Å². The van der Waals surface area contributed by atoms with E-state index in [1.54, 1.807) is 0 Å². The first kappa shape index (κ1) is 9.14. The maximum absolute atomic E-state index is 12.7. The van der Waals surface area contributed by atoms with Crippen molar-refractivity contribution in [2.75, 3.05) is 5.33 Å². The molecule has 0 unspecified atom stereocenters. The molecule has 0 saturated carbocycles. The lowest BCUT2D eigenvalue weighted by molar-refractivity contribution is 0.510. The molecule has 0 spiro atoms. The average Bonchev–Trinajstić information content (AvgIpc) is 2.03. The normalized spacial score (nSPS) is 8.92. The summed E-state index contributed by atoms with van der Waals surface area (Å²) in [6, 6.07) is 2.33. The highest BCUT2D eigenvalue weighted by Gasteiger charge is 2.00. The Labute approximate surface area is 76.9 Å². The number of pyridine rings is 1. The first-order valence-corrected chi connectivity index (χ1v) is 4.23. The molecule has 1 aromatic rings.